The number of carbonyl (C=O) groups excluding carboxylic acids is 1. The van der Waals surface area contributed by atoms with Gasteiger partial charge in [-0.3, -0.25) is 4.79 Å². The van der Waals surface area contributed by atoms with Crippen LogP contribution in [0.25, 0.3) is 0 Å². The Morgan fingerprint density at radius 1 is 1.26 bits per heavy atom. The third kappa shape index (κ3) is 2.41. The first kappa shape index (κ1) is 12.0. The summed E-state index contributed by atoms with van der Waals surface area (Å²) in [5.74, 6) is 1.44. The highest BCUT2D eigenvalue weighted by atomic mass is 16.3. The molecule has 0 saturated carbocycles. The van der Waals surface area contributed by atoms with Crippen molar-refractivity contribution in [2.24, 2.45) is 0 Å². The average Bonchev–Trinajstić information content (AvgIpc) is 3.10. The van der Waals surface area contributed by atoms with E-state index in [1.54, 1.807) is 6.26 Å². The van der Waals surface area contributed by atoms with E-state index in [1.807, 2.05) is 48.2 Å². The number of rotatable bonds is 2. The van der Waals surface area contributed by atoms with Crippen LogP contribution in [0.4, 0.5) is 0 Å². The SMILES string of the molecule is Cc1ccc(C(=O)N2CCC(c3ccco3)C2)cc1. The normalized spacial score (nSPS) is 18.8. The minimum absolute atomic E-state index is 0.119. The van der Waals surface area contributed by atoms with Crippen LogP contribution in [0.3, 0.4) is 0 Å². The van der Waals surface area contributed by atoms with Crippen LogP contribution in [-0.4, -0.2) is 23.9 Å². The highest BCUT2D eigenvalue weighted by molar-refractivity contribution is 5.94. The van der Waals surface area contributed by atoms with E-state index in [2.05, 4.69) is 0 Å². The Kier molecular flexibility index (Phi) is 3.11. The van der Waals surface area contributed by atoms with Crippen molar-refractivity contribution in [1.82, 2.24) is 4.90 Å². The maximum atomic E-state index is 12.4. The second kappa shape index (κ2) is 4.92. The molecule has 3 nitrogen and oxygen atoms in total. The number of aryl methyl sites for hydroxylation is 1. The third-order valence-corrected chi connectivity index (χ3v) is 3.72. The molecule has 3 heteroatoms. The molecule has 1 aliphatic heterocycles. The van der Waals surface area contributed by atoms with E-state index in [1.165, 1.54) is 5.56 Å². The van der Waals surface area contributed by atoms with Crippen LogP contribution in [0.5, 0.6) is 0 Å². The highest BCUT2D eigenvalue weighted by Crippen LogP contribution is 2.28. The van der Waals surface area contributed by atoms with Gasteiger partial charge in [-0.1, -0.05) is 17.7 Å². The van der Waals surface area contributed by atoms with Crippen molar-refractivity contribution in [3.8, 4) is 0 Å². The summed E-state index contributed by atoms with van der Waals surface area (Å²) in [7, 11) is 0. The largest absolute Gasteiger partial charge is 0.469 e. The molecule has 1 atom stereocenters. The molecule has 1 saturated heterocycles. The zero-order valence-corrected chi connectivity index (χ0v) is 11.0. The van der Waals surface area contributed by atoms with Gasteiger partial charge in [-0.05, 0) is 37.6 Å². The number of benzene rings is 1. The molecule has 3 rings (SSSR count). The first-order chi connectivity index (χ1) is 9.24. The molecule has 1 amide bonds. The first-order valence-electron chi connectivity index (χ1n) is 6.63. The second-order valence-electron chi connectivity index (χ2n) is 5.12. The van der Waals surface area contributed by atoms with Crippen LogP contribution in [-0.2, 0) is 0 Å². The second-order valence-corrected chi connectivity index (χ2v) is 5.12. The van der Waals surface area contributed by atoms with Crippen molar-refractivity contribution in [3.05, 3.63) is 59.5 Å². The van der Waals surface area contributed by atoms with Gasteiger partial charge in [-0.2, -0.15) is 0 Å². The molecule has 1 fully saturated rings. The van der Waals surface area contributed by atoms with Gasteiger partial charge in [0, 0.05) is 24.6 Å². The lowest BCUT2D eigenvalue weighted by Crippen LogP contribution is -2.28. The van der Waals surface area contributed by atoms with Crippen molar-refractivity contribution in [3.63, 3.8) is 0 Å². The van der Waals surface area contributed by atoms with Crippen LogP contribution in [0.15, 0.2) is 47.1 Å². The zero-order chi connectivity index (χ0) is 13.2. The Morgan fingerprint density at radius 3 is 2.74 bits per heavy atom. The average molecular weight is 255 g/mol. The fraction of sp³-hybridized carbons (Fsp3) is 0.312. The maximum absolute atomic E-state index is 12.4. The minimum atomic E-state index is 0.119. The Balaban J connectivity index is 1.71. The zero-order valence-electron chi connectivity index (χ0n) is 11.0. The molecule has 0 aliphatic carbocycles. The standard InChI is InChI=1S/C16H17NO2/c1-12-4-6-13(7-5-12)16(18)17-9-8-14(11-17)15-3-2-10-19-15/h2-7,10,14H,8-9,11H2,1H3. The van der Waals surface area contributed by atoms with E-state index in [9.17, 15) is 4.79 Å². The van der Waals surface area contributed by atoms with Gasteiger partial charge in [0.05, 0.1) is 6.26 Å². The molecule has 1 unspecified atom stereocenters. The smallest absolute Gasteiger partial charge is 0.253 e. The number of nitrogens with zero attached hydrogens (tertiary/aromatic N) is 1. The predicted molar refractivity (Wildman–Crippen MR) is 73.1 cm³/mol. The predicted octanol–water partition coefficient (Wildman–Crippen LogP) is 3.22. The molecule has 1 aromatic heterocycles. The molecular weight excluding hydrogens is 238 g/mol. The van der Waals surface area contributed by atoms with Gasteiger partial charge in [-0.15, -0.1) is 0 Å². The van der Waals surface area contributed by atoms with Gasteiger partial charge in [0.2, 0.25) is 0 Å². The van der Waals surface area contributed by atoms with Gasteiger partial charge < -0.3 is 9.32 Å². The molecule has 0 bridgehead atoms. The first-order valence-corrected chi connectivity index (χ1v) is 6.63. The van der Waals surface area contributed by atoms with Gasteiger partial charge in [-0.25, -0.2) is 0 Å². The monoisotopic (exact) mass is 255 g/mol. The number of likely N-dealkylation sites (tertiary alicyclic amines) is 1. The number of furan rings is 1. The van der Waals surface area contributed by atoms with Gasteiger partial charge in [0.25, 0.3) is 5.91 Å². The number of amides is 1. The fourth-order valence-electron chi connectivity index (χ4n) is 2.58. The van der Waals surface area contributed by atoms with E-state index in [-0.39, 0.29) is 5.91 Å². The molecule has 98 valence electrons. The van der Waals surface area contributed by atoms with Crippen molar-refractivity contribution in [2.75, 3.05) is 13.1 Å². The number of carbonyl (C=O) groups is 1. The quantitative estimate of drug-likeness (QED) is 0.825. The summed E-state index contributed by atoms with van der Waals surface area (Å²) in [5, 5.41) is 0. The summed E-state index contributed by atoms with van der Waals surface area (Å²) in [5.41, 5.74) is 1.94. The molecule has 1 aromatic carbocycles. The van der Waals surface area contributed by atoms with Gasteiger partial charge >= 0.3 is 0 Å². The van der Waals surface area contributed by atoms with Crippen LogP contribution < -0.4 is 0 Å². The highest BCUT2D eigenvalue weighted by Gasteiger charge is 2.29. The molecule has 2 aromatic rings. The Morgan fingerprint density at radius 2 is 2.05 bits per heavy atom. The molecular formula is C16H17NO2. The van der Waals surface area contributed by atoms with Gasteiger partial charge in [0.15, 0.2) is 0 Å². The summed E-state index contributed by atoms with van der Waals surface area (Å²) in [4.78, 5) is 14.3. The van der Waals surface area contributed by atoms with E-state index >= 15 is 0 Å². The van der Waals surface area contributed by atoms with Crippen molar-refractivity contribution < 1.29 is 9.21 Å². The van der Waals surface area contributed by atoms with Crippen molar-refractivity contribution >= 4 is 5.91 Å². The Labute approximate surface area is 112 Å². The number of hydrogen-bond donors (Lipinski definition) is 0. The third-order valence-electron chi connectivity index (χ3n) is 3.72. The summed E-state index contributed by atoms with van der Waals surface area (Å²) in [6.07, 6.45) is 2.67. The fourth-order valence-corrected chi connectivity index (χ4v) is 2.58. The van der Waals surface area contributed by atoms with E-state index in [0.717, 1.165) is 30.8 Å². The molecule has 19 heavy (non-hydrogen) atoms. The molecule has 1 aliphatic rings. The lowest BCUT2D eigenvalue weighted by atomic mass is 10.1. The Hall–Kier alpha value is -2.03. The van der Waals surface area contributed by atoms with E-state index in [4.69, 9.17) is 4.42 Å². The molecule has 0 spiro atoms. The molecule has 0 radical (unpaired) electrons. The number of hydrogen-bond acceptors (Lipinski definition) is 2. The lowest BCUT2D eigenvalue weighted by Gasteiger charge is -2.16. The van der Waals surface area contributed by atoms with Gasteiger partial charge in [0.1, 0.15) is 5.76 Å². The maximum Gasteiger partial charge on any atom is 0.253 e. The Bertz CT molecular complexity index is 557. The van der Waals surface area contributed by atoms with Crippen LogP contribution in [0.2, 0.25) is 0 Å². The van der Waals surface area contributed by atoms with Crippen LogP contribution in [0.1, 0.15) is 34.0 Å². The summed E-state index contributed by atoms with van der Waals surface area (Å²) >= 11 is 0. The van der Waals surface area contributed by atoms with Crippen LogP contribution in [0, 0.1) is 6.92 Å². The minimum Gasteiger partial charge on any atom is -0.469 e. The topological polar surface area (TPSA) is 33.5 Å². The van der Waals surface area contributed by atoms with Crippen molar-refractivity contribution in [1.29, 1.82) is 0 Å². The molecule has 0 N–H and O–H groups in total. The summed E-state index contributed by atoms with van der Waals surface area (Å²) in [6.45, 7) is 3.58. The van der Waals surface area contributed by atoms with E-state index in [0.29, 0.717) is 5.92 Å². The van der Waals surface area contributed by atoms with Crippen LogP contribution >= 0.6 is 0 Å². The molecule has 2 heterocycles. The summed E-state index contributed by atoms with van der Waals surface area (Å²) in [6, 6.07) is 11.7. The summed E-state index contributed by atoms with van der Waals surface area (Å²) < 4.78 is 5.43. The van der Waals surface area contributed by atoms with Crippen molar-refractivity contribution in [2.45, 2.75) is 19.3 Å². The lowest BCUT2D eigenvalue weighted by molar-refractivity contribution is 0.0790. The van der Waals surface area contributed by atoms with E-state index < -0.39 is 0 Å².